The van der Waals surface area contributed by atoms with Gasteiger partial charge < -0.3 is 20.7 Å². The van der Waals surface area contributed by atoms with E-state index >= 15 is 0 Å². The number of hydrogen-bond acceptors (Lipinski definition) is 4. The predicted molar refractivity (Wildman–Crippen MR) is 35.6 cm³/mol. The maximum atomic E-state index is 10.5. The molecule has 1 amide bonds. The second kappa shape index (κ2) is 3.17. The third-order valence-corrected chi connectivity index (χ3v) is 1.69. The van der Waals surface area contributed by atoms with Crippen LogP contribution in [0.2, 0.25) is 0 Å². The highest BCUT2D eigenvalue weighted by atomic mass is 16.5. The van der Waals surface area contributed by atoms with Gasteiger partial charge in [-0.25, -0.2) is 0 Å². The molecule has 0 unspecified atom stereocenters. The summed E-state index contributed by atoms with van der Waals surface area (Å²) < 4.78 is 4.84. The van der Waals surface area contributed by atoms with Crippen molar-refractivity contribution in [1.29, 1.82) is 0 Å². The van der Waals surface area contributed by atoms with Gasteiger partial charge in [-0.15, -0.1) is 0 Å². The van der Waals surface area contributed by atoms with E-state index < -0.39 is 24.2 Å². The van der Waals surface area contributed by atoms with Gasteiger partial charge in [-0.05, 0) is 0 Å². The van der Waals surface area contributed by atoms with Crippen molar-refractivity contribution in [2.45, 2.75) is 24.7 Å². The molecule has 1 aliphatic heterocycles. The van der Waals surface area contributed by atoms with Crippen LogP contribution >= 0.6 is 0 Å². The summed E-state index contributed by atoms with van der Waals surface area (Å²) >= 11 is 0. The Hall–Kier alpha value is -0.650. The van der Waals surface area contributed by atoms with E-state index in [4.69, 9.17) is 20.7 Å². The number of aliphatic hydroxyl groups is 2. The molecule has 0 spiro atoms. The van der Waals surface area contributed by atoms with Gasteiger partial charge in [-0.3, -0.25) is 4.79 Å². The lowest BCUT2D eigenvalue weighted by Gasteiger charge is -2.28. The van der Waals surface area contributed by atoms with E-state index in [1.165, 1.54) is 0 Å². The van der Waals surface area contributed by atoms with E-state index in [1.807, 2.05) is 0 Å². The lowest BCUT2D eigenvalue weighted by molar-refractivity contribution is -0.150. The van der Waals surface area contributed by atoms with Crippen LogP contribution < -0.4 is 5.73 Å². The van der Waals surface area contributed by atoms with Crippen LogP contribution in [-0.4, -0.2) is 41.0 Å². The van der Waals surface area contributed by atoms with Gasteiger partial charge in [0.2, 0.25) is 5.91 Å². The Labute approximate surface area is 63.8 Å². The molecule has 4 N–H and O–H groups in total. The van der Waals surface area contributed by atoms with Crippen LogP contribution in [0.15, 0.2) is 0 Å². The van der Waals surface area contributed by atoms with Crippen LogP contribution in [0.1, 0.15) is 6.42 Å². The van der Waals surface area contributed by atoms with Crippen molar-refractivity contribution < 1.29 is 19.7 Å². The smallest absolute Gasteiger partial charge is 0.246 e. The van der Waals surface area contributed by atoms with Gasteiger partial charge in [0.15, 0.2) is 0 Å². The van der Waals surface area contributed by atoms with Crippen molar-refractivity contribution in [3.8, 4) is 0 Å². The van der Waals surface area contributed by atoms with Crippen LogP contribution in [0.25, 0.3) is 0 Å². The minimum atomic E-state index is -0.902. The molecule has 1 saturated heterocycles. The fourth-order valence-electron chi connectivity index (χ4n) is 0.969. The highest BCUT2D eigenvalue weighted by Crippen LogP contribution is 2.13. The molecule has 0 saturated carbocycles. The van der Waals surface area contributed by atoms with Crippen LogP contribution in [0.4, 0.5) is 0 Å². The van der Waals surface area contributed by atoms with Crippen molar-refractivity contribution >= 4 is 5.91 Å². The fourth-order valence-corrected chi connectivity index (χ4v) is 0.969. The Bertz CT molecular complexity index is 161. The molecular formula is C6H11NO4. The molecule has 1 heterocycles. The van der Waals surface area contributed by atoms with Crippen molar-refractivity contribution in [3.63, 3.8) is 0 Å². The normalized spacial score (nSPS) is 38.5. The maximum Gasteiger partial charge on any atom is 0.246 e. The van der Waals surface area contributed by atoms with Crippen molar-refractivity contribution in [2.75, 3.05) is 6.61 Å². The van der Waals surface area contributed by atoms with E-state index in [1.54, 1.807) is 0 Å². The molecule has 0 radical (unpaired) electrons. The summed E-state index contributed by atoms with van der Waals surface area (Å²) in [6, 6.07) is 0. The zero-order valence-electron chi connectivity index (χ0n) is 5.93. The topological polar surface area (TPSA) is 92.8 Å². The molecule has 1 fully saturated rings. The van der Waals surface area contributed by atoms with Crippen LogP contribution in [-0.2, 0) is 9.53 Å². The van der Waals surface area contributed by atoms with Gasteiger partial charge in [0.1, 0.15) is 12.2 Å². The fraction of sp³-hybridized carbons (Fsp3) is 0.833. The summed E-state index contributed by atoms with van der Waals surface area (Å²) in [6.45, 7) is -0.0330. The minimum Gasteiger partial charge on any atom is -0.390 e. The number of aliphatic hydroxyl groups excluding tert-OH is 2. The van der Waals surface area contributed by atoms with Gasteiger partial charge in [-0.1, -0.05) is 0 Å². The standard InChI is InChI=1S/C6H11NO4/c7-6(10)5-1-3(8)4(9)2-11-5/h3-5,8-9H,1-2H2,(H2,7,10)/t3-,4+,5+/m1/s1. The average molecular weight is 161 g/mol. The molecule has 64 valence electrons. The summed E-state index contributed by atoms with van der Waals surface area (Å²) in [6.07, 6.45) is -2.48. The van der Waals surface area contributed by atoms with Crippen LogP contribution in [0, 0.1) is 0 Å². The summed E-state index contributed by atoms with van der Waals surface area (Å²) in [5.74, 6) is -0.601. The molecule has 0 bridgehead atoms. The quantitative estimate of drug-likeness (QED) is 0.414. The summed E-state index contributed by atoms with van der Waals surface area (Å²) in [7, 11) is 0. The minimum absolute atomic E-state index is 0.0330. The molecular weight excluding hydrogens is 150 g/mol. The Morgan fingerprint density at radius 2 is 2.09 bits per heavy atom. The van der Waals surface area contributed by atoms with E-state index in [-0.39, 0.29) is 13.0 Å². The highest BCUT2D eigenvalue weighted by Gasteiger charge is 2.31. The number of hydrogen-bond donors (Lipinski definition) is 3. The molecule has 5 nitrogen and oxygen atoms in total. The molecule has 0 aliphatic carbocycles. The Balaban J connectivity index is 2.46. The lowest BCUT2D eigenvalue weighted by Crippen LogP contribution is -2.46. The van der Waals surface area contributed by atoms with Gasteiger partial charge in [-0.2, -0.15) is 0 Å². The summed E-state index contributed by atoms with van der Waals surface area (Å²) in [5.41, 5.74) is 4.92. The molecule has 0 aromatic carbocycles. The maximum absolute atomic E-state index is 10.5. The first-order chi connectivity index (χ1) is 5.11. The Morgan fingerprint density at radius 3 is 2.55 bits per heavy atom. The monoisotopic (exact) mass is 161 g/mol. The van der Waals surface area contributed by atoms with Crippen molar-refractivity contribution in [1.82, 2.24) is 0 Å². The number of amides is 1. The first-order valence-electron chi connectivity index (χ1n) is 3.38. The zero-order valence-corrected chi connectivity index (χ0v) is 5.93. The Morgan fingerprint density at radius 1 is 1.45 bits per heavy atom. The molecule has 3 atom stereocenters. The van der Waals surface area contributed by atoms with E-state index in [9.17, 15) is 4.79 Å². The highest BCUT2D eigenvalue weighted by molar-refractivity contribution is 5.78. The first kappa shape index (κ1) is 8.45. The largest absolute Gasteiger partial charge is 0.390 e. The number of carbonyl (C=O) groups is 1. The summed E-state index contributed by atoms with van der Waals surface area (Å²) in [5, 5.41) is 18.0. The molecule has 11 heavy (non-hydrogen) atoms. The van der Waals surface area contributed by atoms with Crippen LogP contribution in [0.5, 0.6) is 0 Å². The Kier molecular flexibility index (Phi) is 2.43. The second-order valence-corrected chi connectivity index (χ2v) is 2.59. The average Bonchev–Trinajstić information content (AvgIpc) is 1.94. The van der Waals surface area contributed by atoms with Crippen molar-refractivity contribution in [2.24, 2.45) is 5.73 Å². The van der Waals surface area contributed by atoms with E-state index in [0.29, 0.717) is 0 Å². The first-order valence-corrected chi connectivity index (χ1v) is 3.38. The second-order valence-electron chi connectivity index (χ2n) is 2.59. The number of nitrogens with two attached hydrogens (primary N) is 1. The molecule has 0 aromatic rings. The van der Waals surface area contributed by atoms with Crippen molar-refractivity contribution in [3.05, 3.63) is 0 Å². The van der Waals surface area contributed by atoms with E-state index in [2.05, 4.69) is 0 Å². The number of carbonyl (C=O) groups excluding carboxylic acids is 1. The third-order valence-electron chi connectivity index (χ3n) is 1.69. The molecule has 5 heteroatoms. The van der Waals surface area contributed by atoms with Crippen LogP contribution in [0.3, 0.4) is 0 Å². The SMILES string of the molecule is NC(=O)[C@@H]1C[C@@H](O)[C@@H](O)CO1. The molecule has 1 aliphatic rings. The van der Waals surface area contributed by atoms with Gasteiger partial charge in [0.05, 0.1) is 12.7 Å². The predicted octanol–water partition coefficient (Wildman–Crippen LogP) is -2.02. The summed E-state index contributed by atoms with van der Waals surface area (Å²) in [4.78, 5) is 10.5. The number of rotatable bonds is 1. The lowest BCUT2D eigenvalue weighted by atomic mass is 10.0. The zero-order chi connectivity index (χ0) is 8.43. The van der Waals surface area contributed by atoms with Gasteiger partial charge in [0, 0.05) is 6.42 Å². The number of primary amides is 1. The molecule has 0 aromatic heterocycles. The third kappa shape index (κ3) is 1.89. The molecule has 1 rings (SSSR count). The van der Waals surface area contributed by atoms with Gasteiger partial charge >= 0.3 is 0 Å². The van der Waals surface area contributed by atoms with Gasteiger partial charge in [0.25, 0.3) is 0 Å². The number of ether oxygens (including phenoxy) is 1. The van der Waals surface area contributed by atoms with E-state index in [0.717, 1.165) is 0 Å².